The summed E-state index contributed by atoms with van der Waals surface area (Å²) in [5.41, 5.74) is 0. The molecule has 0 bridgehead atoms. The van der Waals surface area contributed by atoms with E-state index in [-0.39, 0.29) is 5.91 Å². The van der Waals surface area contributed by atoms with Crippen LogP contribution in [0.4, 0.5) is 0 Å². The number of carboxylic acid groups (broad SMARTS) is 1. The van der Waals surface area contributed by atoms with Gasteiger partial charge in [-0.25, -0.2) is 0 Å². The summed E-state index contributed by atoms with van der Waals surface area (Å²) in [7, 11) is 0. The quantitative estimate of drug-likeness (QED) is 0.719. The Kier molecular flexibility index (Phi) is 6.12. The molecule has 1 aliphatic rings. The number of nitrogens with zero attached hydrogens (tertiary/aromatic N) is 1. The largest absolute Gasteiger partial charge is 0.480 e. The van der Waals surface area contributed by atoms with Crippen LogP contribution in [0.2, 0.25) is 0 Å². The summed E-state index contributed by atoms with van der Waals surface area (Å²) in [6.45, 7) is 5.31. The van der Waals surface area contributed by atoms with Gasteiger partial charge in [-0.1, -0.05) is 13.3 Å². The van der Waals surface area contributed by atoms with Gasteiger partial charge < -0.3 is 15.3 Å². The third kappa shape index (κ3) is 4.29. The lowest BCUT2D eigenvalue weighted by Gasteiger charge is -2.22. The molecule has 1 fully saturated rings. The van der Waals surface area contributed by atoms with E-state index >= 15 is 0 Å². The molecule has 2 unspecified atom stereocenters. The molecular formula is C13H24N2O3. The van der Waals surface area contributed by atoms with E-state index in [0.717, 1.165) is 25.8 Å². The number of nitrogens with one attached hydrogen (secondary N) is 1. The SMILES string of the molecule is CCCC(NCCC(=O)N1CCCC1C)C(=O)O. The van der Waals surface area contributed by atoms with E-state index in [4.69, 9.17) is 5.11 Å². The summed E-state index contributed by atoms with van der Waals surface area (Å²) >= 11 is 0. The fourth-order valence-corrected chi connectivity index (χ4v) is 2.40. The zero-order chi connectivity index (χ0) is 13.5. The summed E-state index contributed by atoms with van der Waals surface area (Å²) in [4.78, 5) is 24.7. The van der Waals surface area contributed by atoms with Gasteiger partial charge in [0.25, 0.3) is 0 Å². The standard InChI is InChI=1S/C13H24N2O3/c1-3-5-11(13(17)18)14-8-7-12(16)15-9-4-6-10(15)2/h10-11,14H,3-9H2,1-2H3,(H,17,18). The first-order valence-corrected chi connectivity index (χ1v) is 6.82. The van der Waals surface area contributed by atoms with Crippen molar-refractivity contribution >= 4 is 11.9 Å². The van der Waals surface area contributed by atoms with Crippen LogP contribution in [0.15, 0.2) is 0 Å². The van der Waals surface area contributed by atoms with E-state index < -0.39 is 12.0 Å². The minimum Gasteiger partial charge on any atom is -0.480 e. The first kappa shape index (κ1) is 15.0. The summed E-state index contributed by atoms with van der Waals surface area (Å²) in [5, 5.41) is 11.9. The number of amides is 1. The van der Waals surface area contributed by atoms with Crippen LogP contribution in [-0.2, 0) is 9.59 Å². The number of carbonyl (C=O) groups excluding carboxylic acids is 1. The Labute approximate surface area is 109 Å². The highest BCUT2D eigenvalue weighted by atomic mass is 16.4. The number of likely N-dealkylation sites (tertiary alicyclic amines) is 1. The average Bonchev–Trinajstić information content (AvgIpc) is 2.74. The lowest BCUT2D eigenvalue weighted by molar-refractivity contribution is -0.140. The molecule has 1 rings (SSSR count). The molecule has 0 aromatic heterocycles. The summed E-state index contributed by atoms with van der Waals surface area (Å²) in [5.74, 6) is -0.702. The predicted octanol–water partition coefficient (Wildman–Crippen LogP) is 1.23. The second-order valence-corrected chi connectivity index (χ2v) is 4.96. The van der Waals surface area contributed by atoms with Crippen LogP contribution in [0, 0.1) is 0 Å². The van der Waals surface area contributed by atoms with Crippen molar-refractivity contribution in [2.75, 3.05) is 13.1 Å². The van der Waals surface area contributed by atoms with Crippen LogP contribution in [0.1, 0.15) is 46.0 Å². The molecular weight excluding hydrogens is 232 g/mol. The maximum atomic E-state index is 11.9. The van der Waals surface area contributed by atoms with E-state index in [2.05, 4.69) is 12.2 Å². The third-order valence-electron chi connectivity index (χ3n) is 3.48. The number of hydrogen-bond donors (Lipinski definition) is 2. The van der Waals surface area contributed by atoms with Crippen LogP contribution < -0.4 is 5.32 Å². The predicted molar refractivity (Wildman–Crippen MR) is 69.4 cm³/mol. The van der Waals surface area contributed by atoms with Gasteiger partial charge >= 0.3 is 5.97 Å². The highest BCUT2D eigenvalue weighted by Crippen LogP contribution is 2.16. The van der Waals surface area contributed by atoms with Crippen molar-refractivity contribution < 1.29 is 14.7 Å². The summed E-state index contributed by atoms with van der Waals surface area (Å²) in [6, 6.07) is -0.192. The highest BCUT2D eigenvalue weighted by Gasteiger charge is 2.24. The Bertz CT molecular complexity index is 294. The monoisotopic (exact) mass is 256 g/mol. The maximum Gasteiger partial charge on any atom is 0.320 e. The van der Waals surface area contributed by atoms with Gasteiger partial charge in [-0.3, -0.25) is 9.59 Å². The van der Waals surface area contributed by atoms with E-state index in [1.807, 2.05) is 11.8 Å². The molecule has 0 aromatic rings. The van der Waals surface area contributed by atoms with Crippen LogP contribution in [0.25, 0.3) is 0 Å². The van der Waals surface area contributed by atoms with Crippen molar-refractivity contribution in [1.29, 1.82) is 0 Å². The molecule has 0 aliphatic carbocycles. The summed E-state index contributed by atoms with van der Waals surface area (Å²) < 4.78 is 0. The first-order chi connectivity index (χ1) is 8.56. The minimum absolute atomic E-state index is 0.133. The van der Waals surface area contributed by atoms with Gasteiger partial charge in [-0.05, 0) is 26.2 Å². The van der Waals surface area contributed by atoms with Crippen LogP contribution in [-0.4, -0.2) is 47.1 Å². The van der Waals surface area contributed by atoms with Crippen LogP contribution >= 0.6 is 0 Å². The van der Waals surface area contributed by atoms with Gasteiger partial charge in [0.1, 0.15) is 6.04 Å². The molecule has 0 aromatic carbocycles. The second-order valence-electron chi connectivity index (χ2n) is 4.96. The van der Waals surface area contributed by atoms with E-state index in [1.165, 1.54) is 0 Å². The van der Waals surface area contributed by atoms with Gasteiger partial charge in [0, 0.05) is 25.6 Å². The second kappa shape index (κ2) is 7.36. The van der Waals surface area contributed by atoms with Gasteiger partial charge in [0.2, 0.25) is 5.91 Å². The lowest BCUT2D eigenvalue weighted by atomic mass is 10.1. The molecule has 5 nitrogen and oxygen atoms in total. The molecule has 18 heavy (non-hydrogen) atoms. The van der Waals surface area contributed by atoms with Crippen molar-refractivity contribution in [1.82, 2.24) is 10.2 Å². The summed E-state index contributed by atoms with van der Waals surface area (Å²) in [6.07, 6.45) is 3.96. The molecule has 5 heteroatoms. The molecule has 2 atom stereocenters. The normalized spacial score (nSPS) is 21.0. The Morgan fingerprint density at radius 2 is 2.22 bits per heavy atom. The first-order valence-electron chi connectivity index (χ1n) is 6.82. The van der Waals surface area contributed by atoms with Crippen molar-refractivity contribution in [3.63, 3.8) is 0 Å². The Hall–Kier alpha value is -1.10. The maximum absolute atomic E-state index is 11.9. The van der Waals surface area contributed by atoms with E-state index in [1.54, 1.807) is 0 Å². The Balaban J connectivity index is 2.27. The molecule has 1 aliphatic heterocycles. The van der Waals surface area contributed by atoms with Gasteiger partial charge in [0.05, 0.1) is 0 Å². The minimum atomic E-state index is -0.834. The van der Waals surface area contributed by atoms with Gasteiger partial charge in [0.15, 0.2) is 0 Å². The molecule has 2 N–H and O–H groups in total. The van der Waals surface area contributed by atoms with Crippen molar-refractivity contribution in [3.8, 4) is 0 Å². The highest BCUT2D eigenvalue weighted by molar-refractivity contribution is 5.77. The fourth-order valence-electron chi connectivity index (χ4n) is 2.40. The van der Waals surface area contributed by atoms with Crippen molar-refractivity contribution in [2.24, 2.45) is 0 Å². The fraction of sp³-hybridized carbons (Fsp3) is 0.846. The molecule has 0 saturated carbocycles. The van der Waals surface area contributed by atoms with Crippen LogP contribution in [0.3, 0.4) is 0 Å². The number of carbonyl (C=O) groups is 2. The Morgan fingerprint density at radius 1 is 1.50 bits per heavy atom. The van der Waals surface area contributed by atoms with Crippen molar-refractivity contribution in [2.45, 2.75) is 58.0 Å². The average molecular weight is 256 g/mol. The van der Waals surface area contributed by atoms with E-state index in [0.29, 0.717) is 25.4 Å². The third-order valence-corrected chi connectivity index (χ3v) is 3.48. The number of rotatable bonds is 7. The molecule has 0 spiro atoms. The molecule has 1 saturated heterocycles. The lowest BCUT2D eigenvalue weighted by Crippen LogP contribution is -2.40. The number of carboxylic acids is 1. The number of aliphatic carboxylic acids is 1. The van der Waals surface area contributed by atoms with Crippen LogP contribution in [0.5, 0.6) is 0 Å². The molecule has 104 valence electrons. The number of hydrogen-bond acceptors (Lipinski definition) is 3. The Morgan fingerprint density at radius 3 is 2.72 bits per heavy atom. The molecule has 1 amide bonds. The molecule has 0 radical (unpaired) electrons. The molecule has 1 heterocycles. The smallest absolute Gasteiger partial charge is 0.320 e. The van der Waals surface area contributed by atoms with E-state index in [9.17, 15) is 9.59 Å². The van der Waals surface area contributed by atoms with Gasteiger partial charge in [-0.2, -0.15) is 0 Å². The topological polar surface area (TPSA) is 69.6 Å². The van der Waals surface area contributed by atoms with Crippen molar-refractivity contribution in [3.05, 3.63) is 0 Å². The van der Waals surface area contributed by atoms with Gasteiger partial charge in [-0.15, -0.1) is 0 Å². The zero-order valence-electron chi connectivity index (χ0n) is 11.3. The zero-order valence-corrected chi connectivity index (χ0v) is 11.3.